The van der Waals surface area contributed by atoms with Gasteiger partial charge in [0.2, 0.25) is 0 Å². The molecule has 0 unspecified atom stereocenters. The topological polar surface area (TPSA) is 60.9 Å². The van der Waals surface area contributed by atoms with Crippen LogP contribution >= 0.6 is 0 Å². The van der Waals surface area contributed by atoms with Crippen LogP contribution in [0.2, 0.25) is 0 Å². The number of carbonyl (C=O) groups is 2. The molecule has 0 bridgehead atoms. The van der Waals surface area contributed by atoms with E-state index in [1.165, 1.54) is 0 Å². The largest absolute Gasteiger partial charge is 0.478 e. The third kappa shape index (κ3) is 3.07. The summed E-state index contributed by atoms with van der Waals surface area (Å²) in [6, 6.07) is 4.90. The Morgan fingerprint density at radius 1 is 1.48 bits per heavy atom. The second kappa shape index (κ2) is 6.43. The van der Waals surface area contributed by atoms with Crippen LogP contribution in [0.4, 0.5) is 10.5 Å². The number of aromatic carboxylic acids is 1. The number of likely N-dealkylation sites (N-methyl/N-ethyl adjacent to an activating group) is 1. The highest BCUT2D eigenvalue weighted by Crippen LogP contribution is 2.29. The number of fused-ring (bicyclic) bond motifs is 1. The van der Waals surface area contributed by atoms with E-state index >= 15 is 0 Å². The number of hydrogen-bond acceptors (Lipinski definition) is 2. The Balaban J connectivity index is 2.31. The molecule has 0 aromatic heterocycles. The third-order valence-corrected chi connectivity index (χ3v) is 3.68. The summed E-state index contributed by atoms with van der Waals surface area (Å²) in [7, 11) is 0. The lowest BCUT2D eigenvalue weighted by atomic mass is 9.99. The van der Waals surface area contributed by atoms with Crippen molar-refractivity contribution in [2.24, 2.45) is 0 Å². The zero-order valence-corrected chi connectivity index (χ0v) is 12.2. The number of nitrogens with zero attached hydrogens (tertiary/aromatic N) is 2. The van der Waals surface area contributed by atoms with Crippen molar-refractivity contribution in [1.29, 1.82) is 0 Å². The van der Waals surface area contributed by atoms with Crippen LogP contribution in [0, 0.1) is 0 Å². The fourth-order valence-corrected chi connectivity index (χ4v) is 2.60. The molecule has 1 aromatic carbocycles. The summed E-state index contributed by atoms with van der Waals surface area (Å²) in [5, 5.41) is 9.06. The van der Waals surface area contributed by atoms with E-state index < -0.39 is 5.97 Å². The number of carboxylic acids is 1. The van der Waals surface area contributed by atoms with Gasteiger partial charge in [0.1, 0.15) is 0 Å². The van der Waals surface area contributed by atoms with Gasteiger partial charge in [-0.1, -0.05) is 6.08 Å². The summed E-state index contributed by atoms with van der Waals surface area (Å²) in [4.78, 5) is 27.1. The maximum absolute atomic E-state index is 12.6. The van der Waals surface area contributed by atoms with E-state index in [0.717, 1.165) is 24.1 Å². The second-order valence-electron chi connectivity index (χ2n) is 5.01. The lowest BCUT2D eigenvalue weighted by Crippen LogP contribution is -2.45. The van der Waals surface area contributed by atoms with Gasteiger partial charge in [0, 0.05) is 25.3 Å². The maximum Gasteiger partial charge on any atom is 0.335 e. The van der Waals surface area contributed by atoms with Crippen LogP contribution in [0.1, 0.15) is 29.3 Å². The van der Waals surface area contributed by atoms with Crippen molar-refractivity contribution in [1.82, 2.24) is 4.90 Å². The maximum atomic E-state index is 12.6. The highest BCUT2D eigenvalue weighted by atomic mass is 16.4. The summed E-state index contributed by atoms with van der Waals surface area (Å²) in [5.41, 5.74) is 2.00. The Morgan fingerprint density at radius 3 is 2.86 bits per heavy atom. The molecule has 0 fully saturated rings. The molecule has 21 heavy (non-hydrogen) atoms. The first-order valence-electron chi connectivity index (χ1n) is 7.12. The highest BCUT2D eigenvalue weighted by molar-refractivity contribution is 5.95. The Labute approximate surface area is 124 Å². The minimum Gasteiger partial charge on any atom is -0.478 e. The fraction of sp³-hybridized carbons (Fsp3) is 0.375. The van der Waals surface area contributed by atoms with Gasteiger partial charge in [-0.3, -0.25) is 4.90 Å². The number of urea groups is 1. The van der Waals surface area contributed by atoms with Gasteiger partial charge < -0.3 is 10.0 Å². The minimum atomic E-state index is -0.942. The summed E-state index contributed by atoms with van der Waals surface area (Å²) in [5.74, 6) is -0.942. The Hall–Kier alpha value is -2.30. The first-order chi connectivity index (χ1) is 10.1. The molecule has 0 aliphatic carbocycles. The number of benzene rings is 1. The lowest BCUT2D eigenvalue weighted by Gasteiger charge is -2.33. The molecule has 1 aliphatic heterocycles. The van der Waals surface area contributed by atoms with Crippen LogP contribution in [-0.2, 0) is 6.42 Å². The molecule has 0 saturated heterocycles. The van der Waals surface area contributed by atoms with Crippen molar-refractivity contribution >= 4 is 17.7 Å². The lowest BCUT2D eigenvalue weighted by molar-refractivity contribution is 0.0696. The van der Waals surface area contributed by atoms with E-state index in [1.54, 1.807) is 34.1 Å². The molecule has 0 radical (unpaired) electrons. The van der Waals surface area contributed by atoms with Gasteiger partial charge in [-0.15, -0.1) is 6.58 Å². The number of amides is 2. The normalized spacial score (nSPS) is 13.5. The van der Waals surface area contributed by atoms with Crippen molar-refractivity contribution in [2.45, 2.75) is 19.8 Å². The second-order valence-corrected chi connectivity index (χ2v) is 5.01. The van der Waals surface area contributed by atoms with Crippen molar-refractivity contribution in [2.75, 3.05) is 24.5 Å². The fourth-order valence-electron chi connectivity index (χ4n) is 2.60. The molecule has 2 amide bonds. The molecule has 1 heterocycles. The summed E-state index contributed by atoms with van der Waals surface area (Å²) in [6.07, 6.45) is 3.35. The van der Waals surface area contributed by atoms with Crippen LogP contribution < -0.4 is 4.90 Å². The predicted molar refractivity (Wildman–Crippen MR) is 81.9 cm³/mol. The highest BCUT2D eigenvalue weighted by Gasteiger charge is 2.26. The smallest absolute Gasteiger partial charge is 0.335 e. The van der Waals surface area contributed by atoms with Gasteiger partial charge >= 0.3 is 12.0 Å². The number of aryl methyl sites for hydroxylation is 1. The molecule has 5 heteroatoms. The average Bonchev–Trinajstić information content (AvgIpc) is 2.50. The van der Waals surface area contributed by atoms with Crippen molar-refractivity contribution in [3.8, 4) is 0 Å². The molecule has 112 valence electrons. The molecule has 0 saturated carbocycles. The molecule has 1 aliphatic rings. The number of carboxylic acid groups (broad SMARTS) is 1. The van der Waals surface area contributed by atoms with Crippen molar-refractivity contribution < 1.29 is 14.7 Å². The van der Waals surface area contributed by atoms with Crippen LogP contribution in [0.5, 0.6) is 0 Å². The van der Waals surface area contributed by atoms with Gasteiger partial charge in [0.05, 0.1) is 5.56 Å². The summed E-state index contributed by atoms with van der Waals surface area (Å²) >= 11 is 0. The number of rotatable bonds is 4. The Kier molecular flexibility index (Phi) is 4.62. The third-order valence-electron chi connectivity index (χ3n) is 3.68. The predicted octanol–water partition coefficient (Wildman–Crippen LogP) is 2.77. The summed E-state index contributed by atoms with van der Waals surface area (Å²) < 4.78 is 0. The van der Waals surface area contributed by atoms with Gasteiger partial charge in [0.15, 0.2) is 0 Å². The molecular weight excluding hydrogens is 268 g/mol. The van der Waals surface area contributed by atoms with Crippen LogP contribution in [0.25, 0.3) is 0 Å². The van der Waals surface area contributed by atoms with Crippen molar-refractivity contribution in [3.05, 3.63) is 42.0 Å². The SMILES string of the molecule is C=CCN(CC)C(=O)N1CCCc2cc(C(=O)O)ccc21. The van der Waals surface area contributed by atoms with E-state index in [0.29, 0.717) is 19.6 Å². The monoisotopic (exact) mass is 288 g/mol. The van der Waals surface area contributed by atoms with E-state index in [2.05, 4.69) is 6.58 Å². The minimum absolute atomic E-state index is 0.0542. The quantitative estimate of drug-likeness (QED) is 0.867. The average molecular weight is 288 g/mol. The Bertz CT molecular complexity index is 569. The zero-order valence-electron chi connectivity index (χ0n) is 12.2. The van der Waals surface area contributed by atoms with E-state index in [4.69, 9.17) is 5.11 Å². The molecule has 0 atom stereocenters. The van der Waals surface area contributed by atoms with Crippen molar-refractivity contribution in [3.63, 3.8) is 0 Å². The molecule has 1 N–H and O–H groups in total. The zero-order chi connectivity index (χ0) is 15.4. The number of hydrogen-bond donors (Lipinski definition) is 1. The standard InChI is InChI=1S/C16H20N2O3/c1-3-9-17(4-2)16(21)18-10-5-6-12-11-13(15(19)20)7-8-14(12)18/h3,7-8,11H,1,4-6,9-10H2,2H3,(H,19,20). The van der Waals surface area contributed by atoms with Crippen LogP contribution in [0.3, 0.4) is 0 Å². The molecular formula is C16H20N2O3. The number of anilines is 1. The van der Waals surface area contributed by atoms with E-state index in [1.807, 2.05) is 6.92 Å². The van der Waals surface area contributed by atoms with Gasteiger partial charge in [0.25, 0.3) is 0 Å². The molecule has 0 spiro atoms. The molecule has 1 aromatic rings. The van der Waals surface area contributed by atoms with Gasteiger partial charge in [-0.25, -0.2) is 9.59 Å². The first-order valence-corrected chi connectivity index (χ1v) is 7.12. The number of carbonyl (C=O) groups excluding carboxylic acids is 1. The van der Waals surface area contributed by atoms with Crippen LogP contribution in [-0.4, -0.2) is 41.6 Å². The summed E-state index contributed by atoms with van der Waals surface area (Å²) in [6.45, 7) is 7.39. The Morgan fingerprint density at radius 2 is 2.24 bits per heavy atom. The van der Waals surface area contributed by atoms with E-state index in [-0.39, 0.29) is 11.6 Å². The first kappa shape index (κ1) is 15.1. The molecule has 5 nitrogen and oxygen atoms in total. The van der Waals surface area contributed by atoms with Crippen LogP contribution in [0.15, 0.2) is 30.9 Å². The van der Waals surface area contributed by atoms with E-state index in [9.17, 15) is 9.59 Å². The van der Waals surface area contributed by atoms with Gasteiger partial charge in [-0.2, -0.15) is 0 Å². The molecule has 2 rings (SSSR count). The van der Waals surface area contributed by atoms with Gasteiger partial charge in [-0.05, 0) is 43.5 Å².